The number of alkyl halides is 3. The van der Waals surface area contributed by atoms with Gasteiger partial charge < -0.3 is 14.6 Å². The fourth-order valence-corrected chi connectivity index (χ4v) is 4.25. The number of Topliss-reactive ketones (excluding diaryl/α,β-unsaturated/α-hetero) is 1. The van der Waals surface area contributed by atoms with Gasteiger partial charge in [-0.05, 0) is 35.1 Å². The van der Waals surface area contributed by atoms with E-state index in [1.165, 1.54) is 26.1 Å². The van der Waals surface area contributed by atoms with Gasteiger partial charge in [0.2, 0.25) is 5.91 Å². The van der Waals surface area contributed by atoms with Crippen LogP contribution >= 0.6 is 0 Å². The van der Waals surface area contributed by atoms with E-state index in [-0.39, 0.29) is 12.3 Å². The van der Waals surface area contributed by atoms with Crippen LogP contribution in [0.3, 0.4) is 0 Å². The quantitative estimate of drug-likeness (QED) is 0.283. The molecule has 1 heterocycles. The van der Waals surface area contributed by atoms with Crippen molar-refractivity contribution in [3.05, 3.63) is 100.0 Å². The Kier molecular flexibility index (Phi) is 11.5. The first-order valence-electron chi connectivity index (χ1n) is 13.4. The molecular weight excluding hydrogens is 551 g/mol. The maximum atomic E-state index is 13.5. The molecule has 224 valence electrons. The number of nitrogens with one attached hydrogen (secondary N) is 2. The number of hydrogen-bond donors (Lipinski definition) is 2. The zero-order valence-corrected chi connectivity index (χ0v) is 23.4. The number of benzene rings is 2. The number of ether oxygens (including phenoxy) is 1. The predicted octanol–water partition coefficient (Wildman–Crippen LogP) is 4.79. The van der Waals surface area contributed by atoms with Gasteiger partial charge in [0.05, 0.1) is 6.04 Å². The number of rotatable bonds is 14. The molecule has 0 fully saturated rings. The van der Waals surface area contributed by atoms with E-state index < -0.39 is 67.3 Å². The third-order valence-electron chi connectivity index (χ3n) is 6.71. The second-order valence-corrected chi connectivity index (χ2v) is 10.4. The monoisotopic (exact) mass is 585 g/mol. The lowest BCUT2D eigenvalue weighted by atomic mass is 9.80. The fourth-order valence-electron chi connectivity index (χ4n) is 4.25. The Labute approximate surface area is 241 Å². The number of hydrogen-bond acceptors (Lipinski definition) is 5. The number of anilines is 1. The van der Waals surface area contributed by atoms with Crippen molar-refractivity contribution in [1.29, 1.82) is 0 Å². The molecule has 0 bridgehead atoms. The minimum Gasteiger partial charge on any atom is -0.444 e. The van der Waals surface area contributed by atoms with Gasteiger partial charge in [-0.1, -0.05) is 74.5 Å². The minimum atomic E-state index is -2.51. The van der Waals surface area contributed by atoms with Crippen molar-refractivity contribution in [1.82, 2.24) is 9.88 Å². The zero-order valence-electron chi connectivity index (χ0n) is 23.4. The number of aromatic nitrogens is 1. The SMILES string of the molecule is CC(C)C(NC(=O)Cn1cc(Cc2ccccc2)cc(NC(=O)OCc2ccccc2)c1=O)C(=O)C(CF)(CF)CF. The van der Waals surface area contributed by atoms with Gasteiger partial charge in [-0.25, -0.2) is 18.0 Å². The maximum Gasteiger partial charge on any atom is 0.412 e. The van der Waals surface area contributed by atoms with Gasteiger partial charge in [0.25, 0.3) is 5.56 Å². The summed E-state index contributed by atoms with van der Waals surface area (Å²) in [6, 6.07) is 18.3. The lowest BCUT2D eigenvalue weighted by molar-refractivity contribution is -0.138. The topological polar surface area (TPSA) is 106 Å². The van der Waals surface area contributed by atoms with E-state index in [1.54, 1.807) is 24.3 Å². The predicted molar refractivity (Wildman–Crippen MR) is 152 cm³/mol. The maximum absolute atomic E-state index is 13.5. The van der Waals surface area contributed by atoms with E-state index in [9.17, 15) is 32.3 Å². The lowest BCUT2D eigenvalue weighted by Crippen LogP contribution is -2.54. The van der Waals surface area contributed by atoms with Gasteiger partial charge >= 0.3 is 6.09 Å². The highest BCUT2D eigenvalue weighted by Gasteiger charge is 2.44. The van der Waals surface area contributed by atoms with Crippen LogP contribution in [0, 0.1) is 11.3 Å². The molecule has 11 heteroatoms. The molecule has 0 radical (unpaired) electrons. The van der Waals surface area contributed by atoms with Crippen LogP contribution in [0.25, 0.3) is 0 Å². The van der Waals surface area contributed by atoms with Gasteiger partial charge in [0.15, 0.2) is 5.78 Å². The Morgan fingerprint density at radius 2 is 1.45 bits per heavy atom. The van der Waals surface area contributed by atoms with Gasteiger partial charge in [0, 0.05) is 6.20 Å². The Morgan fingerprint density at radius 3 is 2.00 bits per heavy atom. The number of carbonyl (C=O) groups excluding carboxylic acids is 3. The molecule has 0 saturated heterocycles. The van der Waals surface area contributed by atoms with Crippen LogP contribution in [0.4, 0.5) is 23.7 Å². The number of ketones is 1. The van der Waals surface area contributed by atoms with Crippen LogP contribution in [0.2, 0.25) is 0 Å². The number of nitrogens with zero attached hydrogens (tertiary/aromatic N) is 1. The second-order valence-electron chi connectivity index (χ2n) is 10.4. The first-order valence-corrected chi connectivity index (χ1v) is 13.4. The number of pyridine rings is 1. The fraction of sp³-hybridized carbons (Fsp3) is 0.355. The molecule has 8 nitrogen and oxygen atoms in total. The van der Waals surface area contributed by atoms with Gasteiger partial charge in [0.1, 0.15) is 44.3 Å². The number of halogens is 3. The van der Waals surface area contributed by atoms with Crippen LogP contribution in [0.5, 0.6) is 0 Å². The van der Waals surface area contributed by atoms with Crippen molar-refractivity contribution in [2.75, 3.05) is 25.3 Å². The van der Waals surface area contributed by atoms with Gasteiger partial charge in [-0.15, -0.1) is 0 Å². The molecule has 3 aromatic rings. The Bertz CT molecular complexity index is 1400. The molecule has 3 rings (SSSR count). The highest BCUT2D eigenvalue weighted by molar-refractivity contribution is 5.93. The summed E-state index contributed by atoms with van der Waals surface area (Å²) in [7, 11) is 0. The summed E-state index contributed by atoms with van der Waals surface area (Å²) in [6.07, 6.45) is 0.918. The average molecular weight is 586 g/mol. The van der Waals surface area contributed by atoms with Crippen molar-refractivity contribution >= 4 is 23.5 Å². The van der Waals surface area contributed by atoms with Crippen molar-refractivity contribution < 1.29 is 32.3 Å². The van der Waals surface area contributed by atoms with E-state index in [0.29, 0.717) is 12.0 Å². The summed E-state index contributed by atoms with van der Waals surface area (Å²) in [6.45, 7) is -2.22. The second kappa shape index (κ2) is 15.0. The molecule has 0 aliphatic rings. The van der Waals surface area contributed by atoms with Crippen molar-refractivity contribution in [3.8, 4) is 0 Å². The number of amides is 2. The molecule has 2 amide bonds. The van der Waals surface area contributed by atoms with Crippen LogP contribution in [0.1, 0.15) is 30.5 Å². The zero-order chi connectivity index (χ0) is 30.7. The molecule has 1 unspecified atom stereocenters. The van der Waals surface area contributed by atoms with Crippen LogP contribution in [-0.2, 0) is 33.9 Å². The normalized spacial score (nSPS) is 12.0. The molecule has 1 atom stereocenters. The summed E-state index contributed by atoms with van der Waals surface area (Å²) in [5.41, 5.74) is -1.16. The summed E-state index contributed by atoms with van der Waals surface area (Å²) in [5.74, 6) is -2.54. The van der Waals surface area contributed by atoms with Crippen LogP contribution in [0.15, 0.2) is 77.7 Å². The van der Waals surface area contributed by atoms with Crippen LogP contribution < -0.4 is 16.2 Å². The molecule has 0 saturated carbocycles. The van der Waals surface area contributed by atoms with Crippen molar-refractivity contribution in [2.24, 2.45) is 11.3 Å². The number of carbonyl (C=O) groups is 3. The van der Waals surface area contributed by atoms with E-state index in [1.807, 2.05) is 36.4 Å². The van der Waals surface area contributed by atoms with Crippen LogP contribution in [-0.4, -0.2) is 48.4 Å². The first-order chi connectivity index (χ1) is 20.1. The van der Waals surface area contributed by atoms with Crippen molar-refractivity contribution in [2.45, 2.75) is 39.5 Å². The summed E-state index contributed by atoms with van der Waals surface area (Å²) in [4.78, 5) is 51.7. The van der Waals surface area contributed by atoms with E-state index in [2.05, 4.69) is 10.6 Å². The highest BCUT2D eigenvalue weighted by atomic mass is 19.1. The molecule has 1 aromatic heterocycles. The lowest BCUT2D eigenvalue weighted by Gasteiger charge is -2.30. The molecule has 2 aromatic carbocycles. The third kappa shape index (κ3) is 8.31. The van der Waals surface area contributed by atoms with E-state index in [0.717, 1.165) is 15.7 Å². The molecule has 2 N–H and O–H groups in total. The summed E-state index contributed by atoms with van der Waals surface area (Å²) in [5, 5.41) is 4.84. The molecule has 0 spiro atoms. The Balaban J connectivity index is 1.85. The minimum absolute atomic E-state index is 0.0320. The third-order valence-corrected chi connectivity index (χ3v) is 6.71. The van der Waals surface area contributed by atoms with E-state index in [4.69, 9.17) is 4.74 Å². The van der Waals surface area contributed by atoms with Crippen molar-refractivity contribution in [3.63, 3.8) is 0 Å². The average Bonchev–Trinajstić information content (AvgIpc) is 2.99. The summed E-state index contributed by atoms with van der Waals surface area (Å²) < 4.78 is 46.9. The van der Waals surface area contributed by atoms with Gasteiger partial charge in [-0.3, -0.25) is 19.7 Å². The Morgan fingerprint density at radius 1 is 0.881 bits per heavy atom. The van der Waals surface area contributed by atoms with E-state index >= 15 is 0 Å². The Hall–Kier alpha value is -4.41. The molecule has 42 heavy (non-hydrogen) atoms. The molecule has 0 aliphatic heterocycles. The largest absolute Gasteiger partial charge is 0.444 e. The van der Waals surface area contributed by atoms with Gasteiger partial charge in [-0.2, -0.15) is 0 Å². The first kappa shape index (κ1) is 32.1. The highest BCUT2D eigenvalue weighted by Crippen LogP contribution is 2.25. The standard InChI is InChI=1S/C31H34F3N3O5/c1-21(2)27(28(39)31(18-32,19-33)20-34)36-26(38)16-37-15-24(13-22-9-5-3-6-10-22)14-25(29(37)40)35-30(41)42-17-23-11-7-4-8-12-23/h3-12,14-15,21,27H,13,16-20H2,1-2H3,(H,35,41)(H,36,38). The molecular formula is C31H34F3N3O5. The molecule has 0 aliphatic carbocycles. The smallest absolute Gasteiger partial charge is 0.412 e. The summed E-state index contributed by atoms with van der Waals surface area (Å²) >= 11 is 0.